The first-order valence-electron chi connectivity index (χ1n) is 6.11. The fourth-order valence-electron chi connectivity index (χ4n) is 2.22. The molecule has 98 valence electrons. The fraction of sp³-hybridized carbons (Fsp3) is 0.200. The Morgan fingerprint density at radius 3 is 2.05 bits per heavy atom. The maximum atomic E-state index is 10.1. The molecule has 0 spiro atoms. The topological polar surface area (TPSA) is 40.5 Å². The molecule has 0 fully saturated rings. The highest BCUT2D eigenvalue weighted by Crippen LogP contribution is 2.55. The van der Waals surface area contributed by atoms with Crippen molar-refractivity contribution >= 4 is 23.5 Å². The quantitative estimate of drug-likeness (QED) is 0.673. The molecule has 2 aromatic rings. The maximum absolute atomic E-state index is 10.1. The van der Waals surface area contributed by atoms with Gasteiger partial charge in [-0.25, -0.2) is 0 Å². The number of benzene rings is 2. The Morgan fingerprint density at radius 1 is 0.895 bits per heavy atom. The second kappa shape index (κ2) is 4.69. The maximum Gasteiger partial charge on any atom is 0.134 e. The summed E-state index contributed by atoms with van der Waals surface area (Å²) in [5.74, 6) is 0.551. The van der Waals surface area contributed by atoms with Crippen LogP contribution in [0.1, 0.15) is 25.3 Å². The van der Waals surface area contributed by atoms with E-state index in [0.29, 0.717) is 0 Å². The van der Waals surface area contributed by atoms with E-state index in [4.69, 9.17) is 0 Å². The smallest absolute Gasteiger partial charge is 0.134 e. The van der Waals surface area contributed by atoms with Crippen molar-refractivity contribution in [2.75, 3.05) is 0 Å². The fourth-order valence-corrected chi connectivity index (χ4v) is 4.81. The van der Waals surface area contributed by atoms with Crippen molar-refractivity contribution in [1.82, 2.24) is 0 Å². The molecule has 0 atom stereocenters. The molecule has 4 heteroatoms. The predicted molar refractivity (Wildman–Crippen MR) is 78.5 cm³/mol. The lowest BCUT2D eigenvalue weighted by Gasteiger charge is -2.24. The van der Waals surface area contributed by atoms with Crippen LogP contribution in [0, 0.1) is 0 Å². The summed E-state index contributed by atoms with van der Waals surface area (Å²) in [5.41, 5.74) is 0.916. The summed E-state index contributed by atoms with van der Waals surface area (Å²) in [6.45, 7) is 4.11. The second-order valence-corrected chi connectivity index (χ2v) is 6.90. The van der Waals surface area contributed by atoms with Crippen LogP contribution in [0.4, 0.5) is 0 Å². The monoisotopic (exact) mass is 290 g/mol. The van der Waals surface area contributed by atoms with Crippen molar-refractivity contribution in [3.8, 4) is 11.5 Å². The van der Waals surface area contributed by atoms with Crippen molar-refractivity contribution in [1.29, 1.82) is 0 Å². The highest BCUT2D eigenvalue weighted by atomic mass is 32.2. The van der Waals surface area contributed by atoms with Gasteiger partial charge in [0.1, 0.15) is 11.5 Å². The molecule has 1 heterocycles. The van der Waals surface area contributed by atoms with Gasteiger partial charge in [-0.3, -0.25) is 0 Å². The number of hydrogen-bond acceptors (Lipinski definition) is 4. The summed E-state index contributed by atoms with van der Waals surface area (Å²) in [6, 6.07) is 9.58. The van der Waals surface area contributed by atoms with Gasteiger partial charge < -0.3 is 10.2 Å². The van der Waals surface area contributed by atoms with Crippen LogP contribution < -0.4 is 0 Å². The van der Waals surface area contributed by atoms with E-state index in [9.17, 15) is 10.2 Å². The molecule has 0 aromatic heterocycles. The number of phenolic OH excluding ortho intramolecular Hbond substituents is 2. The van der Waals surface area contributed by atoms with Crippen LogP contribution in [0.2, 0.25) is 0 Å². The van der Waals surface area contributed by atoms with Gasteiger partial charge in [0.2, 0.25) is 0 Å². The van der Waals surface area contributed by atoms with Gasteiger partial charge in [-0.05, 0) is 18.1 Å². The molecular weight excluding hydrogens is 276 g/mol. The van der Waals surface area contributed by atoms with Crippen LogP contribution in [0.5, 0.6) is 11.5 Å². The SMILES string of the molecule is CC(C)c1c(O)cc(O)c2c1Sc1ccccc1S2. The Hall–Kier alpha value is -1.26. The van der Waals surface area contributed by atoms with E-state index >= 15 is 0 Å². The van der Waals surface area contributed by atoms with Crippen molar-refractivity contribution in [3.63, 3.8) is 0 Å². The zero-order valence-electron chi connectivity index (χ0n) is 10.7. The first kappa shape index (κ1) is 12.8. The highest BCUT2D eigenvalue weighted by molar-refractivity contribution is 8.05. The molecule has 2 aromatic carbocycles. The van der Waals surface area contributed by atoms with E-state index in [2.05, 4.69) is 26.0 Å². The number of rotatable bonds is 1. The van der Waals surface area contributed by atoms with Gasteiger partial charge in [0, 0.05) is 26.3 Å². The van der Waals surface area contributed by atoms with Crippen molar-refractivity contribution in [2.45, 2.75) is 39.3 Å². The molecule has 0 saturated heterocycles. The summed E-state index contributed by atoms with van der Waals surface area (Å²) in [7, 11) is 0. The second-order valence-electron chi connectivity index (χ2n) is 4.79. The van der Waals surface area contributed by atoms with Crippen LogP contribution in [-0.4, -0.2) is 10.2 Å². The molecule has 0 amide bonds. The molecule has 2 nitrogen and oxygen atoms in total. The molecule has 0 bridgehead atoms. The molecule has 2 N–H and O–H groups in total. The number of fused-ring (bicyclic) bond motifs is 2. The Kier molecular flexibility index (Phi) is 3.15. The summed E-state index contributed by atoms with van der Waals surface area (Å²) in [4.78, 5) is 4.16. The van der Waals surface area contributed by atoms with E-state index in [-0.39, 0.29) is 17.4 Å². The molecule has 1 aliphatic rings. The number of aromatic hydroxyl groups is 2. The Balaban J connectivity index is 2.22. The largest absolute Gasteiger partial charge is 0.507 e. The van der Waals surface area contributed by atoms with E-state index < -0.39 is 0 Å². The first-order valence-corrected chi connectivity index (χ1v) is 7.74. The molecule has 0 unspecified atom stereocenters. The lowest BCUT2D eigenvalue weighted by molar-refractivity contribution is 0.430. The van der Waals surface area contributed by atoms with E-state index in [1.54, 1.807) is 23.5 Å². The van der Waals surface area contributed by atoms with E-state index in [1.165, 1.54) is 11.0 Å². The molecule has 0 radical (unpaired) electrons. The third kappa shape index (κ3) is 2.09. The number of hydrogen-bond donors (Lipinski definition) is 2. The van der Waals surface area contributed by atoms with Crippen LogP contribution >= 0.6 is 23.5 Å². The third-order valence-electron chi connectivity index (χ3n) is 3.08. The average molecular weight is 290 g/mol. The molecule has 19 heavy (non-hydrogen) atoms. The Labute approximate surface area is 120 Å². The van der Waals surface area contributed by atoms with E-state index in [1.807, 2.05) is 12.1 Å². The van der Waals surface area contributed by atoms with E-state index in [0.717, 1.165) is 20.2 Å². The molecule has 1 aliphatic heterocycles. The highest BCUT2D eigenvalue weighted by Gasteiger charge is 2.26. The summed E-state index contributed by atoms with van der Waals surface area (Å²) < 4.78 is 0. The minimum atomic E-state index is 0.156. The first-order chi connectivity index (χ1) is 9.08. The van der Waals surface area contributed by atoms with Crippen LogP contribution in [0.25, 0.3) is 0 Å². The van der Waals surface area contributed by atoms with Crippen molar-refractivity contribution in [2.24, 2.45) is 0 Å². The third-order valence-corrected chi connectivity index (χ3v) is 5.74. The lowest BCUT2D eigenvalue weighted by atomic mass is 10.0. The lowest BCUT2D eigenvalue weighted by Crippen LogP contribution is -1.98. The van der Waals surface area contributed by atoms with Crippen molar-refractivity contribution in [3.05, 3.63) is 35.9 Å². The summed E-state index contributed by atoms with van der Waals surface area (Å²) >= 11 is 3.19. The molecule has 0 saturated carbocycles. The van der Waals surface area contributed by atoms with Crippen LogP contribution in [-0.2, 0) is 0 Å². The average Bonchev–Trinajstić information content (AvgIpc) is 2.36. The van der Waals surface area contributed by atoms with Crippen molar-refractivity contribution < 1.29 is 10.2 Å². The van der Waals surface area contributed by atoms with Gasteiger partial charge >= 0.3 is 0 Å². The standard InChI is InChI=1S/C15H14O2S2/c1-8(2)13-9(16)7-10(17)14-15(13)19-12-6-4-3-5-11(12)18-14/h3-8,16-17H,1-2H3. The molecular formula is C15H14O2S2. The predicted octanol–water partition coefficient (Wildman–Crippen LogP) is 4.84. The zero-order chi connectivity index (χ0) is 13.6. The summed E-state index contributed by atoms with van der Waals surface area (Å²) in [5, 5.41) is 20.2. The Morgan fingerprint density at radius 2 is 1.47 bits per heavy atom. The van der Waals surface area contributed by atoms with Gasteiger partial charge in [0.05, 0.1) is 4.90 Å². The van der Waals surface area contributed by atoms with Gasteiger partial charge in [0.15, 0.2) is 0 Å². The van der Waals surface area contributed by atoms with Gasteiger partial charge in [-0.15, -0.1) is 0 Å². The Bertz CT molecular complexity index is 651. The minimum Gasteiger partial charge on any atom is -0.507 e. The summed E-state index contributed by atoms with van der Waals surface area (Å²) in [6.07, 6.45) is 0. The molecule has 0 aliphatic carbocycles. The molecule has 3 rings (SSSR count). The van der Waals surface area contributed by atoms with Crippen LogP contribution in [0.3, 0.4) is 0 Å². The van der Waals surface area contributed by atoms with Crippen LogP contribution in [0.15, 0.2) is 49.9 Å². The normalized spacial score (nSPS) is 13.2. The van der Waals surface area contributed by atoms with Gasteiger partial charge in [-0.1, -0.05) is 49.5 Å². The van der Waals surface area contributed by atoms with Gasteiger partial charge in [0.25, 0.3) is 0 Å². The number of phenols is 2. The zero-order valence-corrected chi connectivity index (χ0v) is 12.3. The van der Waals surface area contributed by atoms with Gasteiger partial charge in [-0.2, -0.15) is 0 Å². The minimum absolute atomic E-state index is 0.156.